The van der Waals surface area contributed by atoms with Gasteiger partial charge in [-0.05, 0) is 47.8 Å². The molecule has 4 rings (SSSR count). The predicted octanol–water partition coefficient (Wildman–Crippen LogP) is 2.15. The summed E-state index contributed by atoms with van der Waals surface area (Å²) in [5.41, 5.74) is 2.80. The van der Waals surface area contributed by atoms with Gasteiger partial charge < -0.3 is 5.32 Å². The Bertz CT molecular complexity index is 1140. The third kappa shape index (κ3) is 3.97. The second-order valence-corrected chi connectivity index (χ2v) is 8.39. The van der Waals surface area contributed by atoms with E-state index < -0.39 is 10.0 Å². The summed E-state index contributed by atoms with van der Waals surface area (Å²) >= 11 is 1.47. The SMILES string of the molecule is NS(=O)(=O)c1ccc(CCNc2nc3nc(-c4cccnc4)cn3s2)cc1. The van der Waals surface area contributed by atoms with Gasteiger partial charge in [0.2, 0.25) is 20.9 Å². The number of nitrogens with one attached hydrogen (secondary N) is 1. The minimum absolute atomic E-state index is 0.116. The van der Waals surface area contributed by atoms with Crippen LogP contribution in [-0.2, 0) is 16.4 Å². The van der Waals surface area contributed by atoms with Crippen LogP contribution in [0.25, 0.3) is 17.0 Å². The lowest BCUT2D eigenvalue weighted by Crippen LogP contribution is -2.12. The molecule has 1 aromatic carbocycles. The molecule has 138 valence electrons. The first-order valence-corrected chi connectivity index (χ1v) is 10.4. The summed E-state index contributed by atoms with van der Waals surface area (Å²) in [5.74, 6) is 0.638. The van der Waals surface area contributed by atoms with Crippen LogP contribution in [0, 0.1) is 0 Å². The number of pyridine rings is 1. The molecule has 3 N–H and O–H groups in total. The number of imidazole rings is 1. The lowest BCUT2D eigenvalue weighted by Gasteiger charge is -2.04. The van der Waals surface area contributed by atoms with E-state index in [9.17, 15) is 8.42 Å². The van der Waals surface area contributed by atoms with Crippen LogP contribution in [0.15, 0.2) is 59.9 Å². The molecule has 0 atom stereocenters. The van der Waals surface area contributed by atoms with Gasteiger partial charge in [-0.2, -0.15) is 4.98 Å². The quantitative estimate of drug-likeness (QED) is 0.512. The van der Waals surface area contributed by atoms with E-state index in [0.717, 1.165) is 28.4 Å². The van der Waals surface area contributed by atoms with E-state index >= 15 is 0 Å². The van der Waals surface area contributed by atoms with Crippen LogP contribution >= 0.6 is 11.5 Å². The molecule has 0 unspecified atom stereocenters. The van der Waals surface area contributed by atoms with Gasteiger partial charge in [-0.25, -0.2) is 22.3 Å². The zero-order chi connectivity index (χ0) is 18.9. The number of hydrogen-bond acceptors (Lipinski definition) is 7. The van der Waals surface area contributed by atoms with Crippen LogP contribution in [0.1, 0.15) is 5.56 Å². The van der Waals surface area contributed by atoms with Crippen LogP contribution in [0.2, 0.25) is 0 Å². The van der Waals surface area contributed by atoms with Crippen LogP contribution in [0.4, 0.5) is 5.13 Å². The Kier molecular flexibility index (Phi) is 4.60. The van der Waals surface area contributed by atoms with Crippen LogP contribution < -0.4 is 10.5 Å². The van der Waals surface area contributed by atoms with Gasteiger partial charge in [0.15, 0.2) is 0 Å². The molecule has 0 aliphatic rings. The first kappa shape index (κ1) is 17.6. The molecule has 27 heavy (non-hydrogen) atoms. The maximum atomic E-state index is 11.3. The van der Waals surface area contributed by atoms with Crippen molar-refractivity contribution in [3.8, 4) is 11.3 Å². The lowest BCUT2D eigenvalue weighted by molar-refractivity contribution is 0.598. The minimum Gasteiger partial charge on any atom is -0.360 e. The topological polar surface area (TPSA) is 115 Å². The molecule has 3 heterocycles. The molecular weight excluding hydrogens is 384 g/mol. The summed E-state index contributed by atoms with van der Waals surface area (Å²) in [5, 5.41) is 9.14. The van der Waals surface area contributed by atoms with Crippen LogP contribution in [0.5, 0.6) is 0 Å². The highest BCUT2D eigenvalue weighted by Gasteiger charge is 2.10. The van der Waals surface area contributed by atoms with Crippen LogP contribution in [-0.4, -0.2) is 33.7 Å². The Hall–Kier alpha value is -2.82. The average molecular weight is 400 g/mol. The Morgan fingerprint density at radius 1 is 1.15 bits per heavy atom. The minimum atomic E-state index is -3.65. The van der Waals surface area contributed by atoms with Gasteiger partial charge in [0.05, 0.1) is 16.8 Å². The first-order chi connectivity index (χ1) is 13.0. The molecule has 0 radical (unpaired) electrons. The summed E-state index contributed by atoms with van der Waals surface area (Å²) in [7, 11) is -3.65. The molecule has 0 fully saturated rings. The average Bonchev–Trinajstić information content (AvgIpc) is 3.21. The normalized spacial score (nSPS) is 11.7. The van der Waals surface area contributed by atoms with E-state index in [4.69, 9.17) is 5.14 Å². The zero-order valence-electron chi connectivity index (χ0n) is 14.1. The number of hydrogen-bond donors (Lipinski definition) is 2. The monoisotopic (exact) mass is 400 g/mol. The molecule has 10 heteroatoms. The number of rotatable bonds is 6. The van der Waals surface area contributed by atoms with Gasteiger partial charge in [0.25, 0.3) is 0 Å². The fourth-order valence-corrected chi connectivity index (χ4v) is 3.89. The van der Waals surface area contributed by atoms with Crippen LogP contribution in [0.3, 0.4) is 0 Å². The van der Waals surface area contributed by atoms with Crippen molar-refractivity contribution >= 4 is 32.5 Å². The highest BCUT2D eigenvalue weighted by molar-refractivity contribution is 7.89. The zero-order valence-corrected chi connectivity index (χ0v) is 15.7. The van der Waals surface area contributed by atoms with Gasteiger partial charge in [-0.3, -0.25) is 4.98 Å². The summed E-state index contributed by atoms with van der Waals surface area (Å²) < 4.78 is 24.4. The van der Waals surface area contributed by atoms with E-state index in [0.29, 0.717) is 12.3 Å². The van der Waals surface area contributed by atoms with E-state index in [-0.39, 0.29) is 4.90 Å². The largest absolute Gasteiger partial charge is 0.360 e. The van der Waals surface area contributed by atoms with E-state index in [2.05, 4.69) is 20.3 Å². The second-order valence-electron chi connectivity index (χ2n) is 5.87. The smallest absolute Gasteiger partial charge is 0.246 e. The van der Waals surface area contributed by atoms with E-state index in [1.54, 1.807) is 24.5 Å². The number of primary sulfonamides is 1. The molecule has 8 nitrogen and oxygen atoms in total. The number of fused-ring (bicyclic) bond motifs is 1. The van der Waals surface area contributed by atoms with Gasteiger partial charge in [-0.1, -0.05) is 12.1 Å². The number of aromatic nitrogens is 4. The molecule has 0 aliphatic heterocycles. The van der Waals surface area contributed by atoms with Crippen molar-refractivity contribution in [2.45, 2.75) is 11.3 Å². The maximum Gasteiger partial charge on any atom is 0.246 e. The molecule has 0 amide bonds. The Morgan fingerprint density at radius 2 is 1.96 bits per heavy atom. The molecule has 0 saturated heterocycles. The number of anilines is 1. The summed E-state index contributed by atoms with van der Waals surface area (Å²) in [6.45, 7) is 0.668. The Balaban J connectivity index is 1.39. The van der Waals surface area contributed by atoms with Gasteiger partial charge >= 0.3 is 0 Å². The van der Waals surface area contributed by atoms with E-state index in [1.165, 1.54) is 23.7 Å². The van der Waals surface area contributed by atoms with Gasteiger partial charge in [0, 0.05) is 24.5 Å². The number of nitrogens with two attached hydrogens (primary N) is 1. The molecule has 3 aromatic heterocycles. The van der Waals surface area contributed by atoms with Crippen molar-refractivity contribution in [1.29, 1.82) is 0 Å². The van der Waals surface area contributed by atoms with Crippen molar-refractivity contribution in [1.82, 2.24) is 18.7 Å². The van der Waals surface area contributed by atoms with Crippen molar-refractivity contribution in [3.63, 3.8) is 0 Å². The molecule has 0 bridgehead atoms. The standard InChI is InChI=1S/C17H16N6O2S2/c18-27(24,25)14-5-3-12(4-6-14)7-9-20-17-22-16-21-15(11-23(16)26-17)13-2-1-8-19-10-13/h1-6,8,10-11H,7,9H2,(H2,18,24,25)(H,20,21,22). The fraction of sp³-hybridized carbons (Fsp3) is 0.118. The number of nitrogens with zero attached hydrogens (tertiary/aromatic N) is 4. The third-order valence-corrected chi connectivity index (χ3v) is 5.75. The summed E-state index contributed by atoms with van der Waals surface area (Å²) in [4.78, 5) is 13.2. The number of sulfonamides is 1. The molecule has 4 aromatic rings. The van der Waals surface area contributed by atoms with Crippen molar-refractivity contribution < 1.29 is 8.42 Å². The lowest BCUT2D eigenvalue weighted by atomic mass is 10.1. The van der Waals surface area contributed by atoms with Crippen molar-refractivity contribution in [3.05, 3.63) is 60.6 Å². The third-order valence-electron chi connectivity index (χ3n) is 3.94. The summed E-state index contributed by atoms with van der Waals surface area (Å²) in [6, 6.07) is 10.4. The fourth-order valence-electron chi connectivity index (χ4n) is 2.59. The highest BCUT2D eigenvalue weighted by atomic mass is 32.2. The second kappa shape index (κ2) is 7.06. The Morgan fingerprint density at radius 3 is 2.63 bits per heavy atom. The summed E-state index contributed by atoms with van der Waals surface area (Å²) in [6.07, 6.45) is 6.16. The Labute approximate surface area is 159 Å². The predicted molar refractivity (Wildman–Crippen MR) is 104 cm³/mol. The molecular formula is C17H16N6O2S2. The first-order valence-electron chi connectivity index (χ1n) is 8.11. The molecule has 0 spiro atoms. The maximum absolute atomic E-state index is 11.3. The number of benzene rings is 1. The highest BCUT2D eigenvalue weighted by Crippen LogP contribution is 2.22. The van der Waals surface area contributed by atoms with Gasteiger partial charge in [-0.15, -0.1) is 0 Å². The molecule has 0 saturated carbocycles. The van der Waals surface area contributed by atoms with Crippen molar-refractivity contribution in [2.75, 3.05) is 11.9 Å². The molecule has 0 aliphatic carbocycles. The van der Waals surface area contributed by atoms with E-state index in [1.807, 2.05) is 22.1 Å². The van der Waals surface area contributed by atoms with Gasteiger partial charge in [0.1, 0.15) is 0 Å². The van der Waals surface area contributed by atoms with Crippen molar-refractivity contribution in [2.24, 2.45) is 5.14 Å².